The predicted octanol–water partition coefficient (Wildman–Crippen LogP) is -3.79. The molecule has 0 atom stereocenters. The van der Waals surface area contributed by atoms with Crippen LogP contribution in [0.1, 0.15) is 24.2 Å². The number of ether oxygens (including phenoxy) is 1. The van der Waals surface area contributed by atoms with Gasteiger partial charge in [0, 0.05) is 148 Å². The second kappa shape index (κ2) is 63.7. The highest BCUT2D eigenvalue weighted by Crippen LogP contribution is 2.33. The van der Waals surface area contributed by atoms with E-state index in [0.717, 1.165) is 126 Å². The number of nitrogens with two attached hydrogens (primary N) is 1. The summed E-state index contributed by atoms with van der Waals surface area (Å²) in [5.41, 5.74) is 20.5. The normalized spacial score (nSPS) is 10.4. The standard InChI is InChI=1S/C14H16N6.C14H19N5O.C14H16N5S.C14H20N5.C13H19N6O.C13H18N5.C10H10N4S.7ClH/c1-19-10-11-20(2)14(19)18-17-13-6-4-12(5-7-13)16-9-3-8-15;1-11-10-18(2)14(19(11)3)17-16-13-6-4-12(5-7-13)15-8-9-20;1-18(9-3-8-15)13-6-4-12(5-7-13)16-17-14-19(2)10-11-20-14;1-11-10-14(19(5)18(11)4)16-15-12-6-8-13(9-7-12)17(2)3;1-17(2)10-6-7-11(12(8-10)20-5)15-16-13-18(3)9-14-19(13)4;1-16(2)12-7-5-11(6-8-12)14-15-13-9-10-17(3)18(13)4;1-14-6-7-15-10(14)13-12-9-4-2-8(11)3-5-9;;;;;;;/h4-7,10-11H,3,9H2,1-2H3;4-7,10,20H,8-9H2,1-3H3;4-7,10-11H,3,9H2,1-2H3;6-10H,1-5H3;6-9H,1-5H3;5-10H,1-4H3;2-7,11H,1H3;7*1H/q;;4*+1;;;;;;;;/p-4. The van der Waals surface area contributed by atoms with Gasteiger partial charge in [-0.25, -0.2) is 36.7 Å². The Kier molecular flexibility index (Phi) is 56.5. The Labute approximate surface area is 864 Å². The molecule has 0 aliphatic heterocycles. The molecule has 7 aromatic carbocycles. The number of azo groups is 7. The molecular weight excluding hydrogens is 1950 g/mol. The number of anilines is 7. The van der Waals surface area contributed by atoms with Crippen molar-refractivity contribution in [1.29, 1.82) is 10.5 Å². The fourth-order valence-electron chi connectivity index (χ4n) is 11.4. The molecule has 0 aliphatic rings. The Morgan fingerprint density at radius 1 is 0.446 bits per heavy atom. The third-order valence-corrected chi connectivity index (χ3v) is 21.4. The van der Waals surface area contributed by atoms with E-state index in [2.05, 4.69) is 109 Å². The molecule has 5 N–H and O–H groups in total. The highest BCUT2D eigenvalue weighted by atomic mass is 35.5. The van der Waals surface area contributed by atoms with E-state index in [1.807, 2.05) is 428 Å². The number of thiazole rings is 2. The number of aromatic nitrogens is 13. The van der Waals surface area contributed by atoms with Crippen molar-refractivity contribution in [1.82, 2.24) is 28.3 Å². The maximum absolute atomic E-state index is 8.75. The Hall–Kier alpha value is -13.7. The molecule has 0 unspecified atom stereocenters. The number of aliphatic hydroxyl groups is 1. The molecule has 14 aromatic rings. The van der Waals surface area contributed by atoms with Gasteiger partial charge in [0.2, 0.25) is 12.1 Å². The van der Waals surface area contributed by atoms with Crippen molar-refractivity contribution < 1.29 is 129 Å². The van der Waals surface area contributed by atoms with E-state index in [4.69, 9.17) is 26.1 Å². The molecule has 7 heterocycles. The minimum Gasteiger partial charge on any atom is -1.00 e. The summed E-state index contributed by atoms with van der Waals surface area (Å²) < 4.78 is 28.3. The molecule has 0 radical (unpaired) electrons. The zero-order valence-electron chi connectivity index (χ0n) is 81.8. The number of benzene rings is 7. The van der Waals surface area contributed by atoms with Crippen molar-refractivity contribution >= 4 is 142 Å². The van der Waals surface area contributed by atoms with Crippen LogP contribution in [0, 0.1) is 36.5 Å². The Morgan fingerprint density at radius 3 is 1.28 bits per heavy atom. The number of aryl methyl sites for hydroxylation is 10. The highest BCUT2D eigenvalue weighted by molar-refractivity contribution is 7.13. The summed E-state index contributed by atoms with van der Waals surface area (Å²) in [6, 6.07) is 60.3. The van der Waals surface area contributed by atoms with Gasteiger partial charge in [-0.15, -0.1) is 24.3 Å². The number of nitrogens with one attached hydrogen (secondary N) is 2. The van der Waals surface area contributed by atoms with Crippen molar-refractivity contribution in [3.63, 3.8) is 0 Å². The molecular formula is C92H121Cl7N36O2S2. The number of imidazole rings is 2. The monoisotopic (exact) mass is 2070 g/mol. The summed E-state index contributed by atoms with van der Waals surface area (Å²) in [7, 11) is 38.8. The van der Waals surface area contributed by atoms with Crippen LogP contribution in [0.5, 0.6) is 5.75 Å². The van der Waals surface area contributed by atoms with Gasteiger partial charge in [0.05, 0.1) is 160 Å². The molecule has 0 aliphatic carbocycles. The van der Waals surface area contributed by atoms with Gasteiger partial charge in [-0.1, -0.05) is 15.3 Å². The summed E-state index contributed by atoms with van der Waals surface area (Å²) in [5, 5.41) is 101. The van der Waals surface area contributed by atoms with E-state index < -0.39 is 0 Å². The minimum absolute atomic E-state index is 0. The molecule has 139 heavy (non-hydrogen) atoms. The molecule has 7 aromatic heterocycles. The Balaban J connectivity index is 0.000000805. The summed E-state index contributed by atoms with van der Waals surface area (Å²) in [6.07, 6.45) is 14.4. The number of hydrogen-bond donors (Lipinski definition) is 4. The van der Waals surface area contributed by atoms with Crippen LogP contribution in [0.4, 0.5) is 119 Å². The number of nitrogen functional groups attached to an aromatic ring is 1. The van der Waals surface area contributed by atoms with Gasteiger partial charge >= 0.3 is 33.9 Å². The van der Waals surface area contributed by atoms with Crippen LogP contribution in [-0.4, -0.2) is 116 Å². The largest absolute Gasteiger partial charge is 1.00 e. The Bertz CT molecular complexity index is 6230. The van der Waals surface area contributed by atoms with Crippen molar-refractivity contribution in [2.75, 3.05) is 119 Å². The third-order valence-electron chi connectivity index (χ3n) is 19.8. The first kappa shape index (κ1) is 123. The molecule has 14 rings (SSSR count). The van der Waals surface area contributed by atoms with E-state index in [9.17, 15) is 0 Å². The second-order valence-corrected chi connectivity index (χ2v) is 32.0. The molecule has 0 saturated heterocycles. The molecule has 0 amide bonds. The predicted molar refractivity (Wildman–Crippen MR) is 517 cm³/mol. The van der Waals surface area contributed by atoms with Crippen LogP contribution < -0.4 is 160 Å². The highest BCUT2D eigenvalue weighted by Gasteiger charge is 2.19. The number of hydrogen-bond acceptors (Lipinski definition) is 28. The first-order valence-electron chi connectivity index (χ1n) is 41.7. The van der Waals surface area contributed by atoms with Gasteiger partial charge in [-0.3, -0.25) is 0 Å². The van der Waals surface area contributed by atoms with Crippen LogP contribution in [-0.2, 0) is 84.6 Å². The lowest BCUT2D eigenvalue weighted by atomic mass is 10.2. The number of rotatable bonds is 27. The maximum atomic E-state index is 8.75. The van der Waals surface area contributed by atoms with Gasteiger partial charge in [0.25, 0.3) is 0 Å². The lowest BCUT2D eigenvalue weighted by molar-refractivity contribution is -0.750. The minimum atomic E-state index is 0. The first-order chi connectivity index (χ1) is 63.4. The first-order valence-corrected chi connectivity index (χ1v) is 43.5. The molecule has 742 valence electrons. The zero-order chi connectivity index (χ0) is 95.8. The van der Waals surface area contributed by atoms with Crippen LogP contribution in [0.2, 0.25) is 0 Å². The molecule has 47 heteroatoms. The SMILES string of the molecule is CN(C)c1ccc(N=Nc2cc[n+](C)n2C)cc1.CN(CCC#N)c1ccc(N=Nc2scc[n+]2C)cc1.COc1cc(N(C)C)ccc1N=Nc1n(C)nc[n+]1C.C[n+]1ccsc1N=Nc1ccc(N)cc1.Cc1c[n+](C)c(N=Nc2ccc(NCCO)cc2)n1C.Cc1cc(N=Nc2ccc(N(C)C)cc2)[n+](C)n1C.Cn1cc[n+](C)c1N=Nc1ccc(NCCC#N)cc1.[Cl-].[Cl-].[Cl-].[Cl-].[Cl-].[Cl-].[Cl-]. The average Bonchev–Trinajstić information content (AvgIpc) is 1.64. The van der Waals surface area contributed by atoms with Crippen LogP contribution in [0.15, 0.2) is 302 Å². The van der Waals surface area contributed by atoms with Crippen molar-refractivity contribution in [3.8, 4) is 17.9 Å². The van der Waals surface area contributed by atoms with E-state index in [1.165, 1.54) is 0 Å². The van der Waals surface area contributed by atoms with E-state index in [1.54, 1.807) is 45.4 Å². The lowest BCUT2D eigenvalue weighted by Crippen LogP contribution is -3.00. The number of nitrogens with zero attached hydrogens (tertiary/aromatic N) is 33. The fourth-order valence-corrected chi connectivity index (χ4v) is 12.8. The lowest BCUT2D eigenvalue weighted by Gasteiger charge is -2.17. The van der Waals surface area contributed by atoms with Crippen molar-refractivity contribution in [2.45, 2.75) is 26.7 Å². The molecule has 0 spiro atoms. The van der Waals surface area contributed by atoms with Crippen molar-refractivity contribution in [3.05, 3.63) is 242 Å². The number of aliphatic hydroxyl groups excluding tert-OH is 1. The van der Waals surface area contributed by atoms with E-state index in [0.29, 0.717) is 43.3 Å². The quantitative estimate of drug-likeness (QED) is 0.0167. The van der Waals surface area contributed by atoms with Gasteiger partial charge in [-0.05, 0) is 215 Å². The number of halogens is 7. The fraction of sp³-hybridized carbons (Fsp3) is 0.304. The summed E-state index contributed by atoms with van der Waals surface area (Å²) in [4.78, 5) is 8.16. The molecule has 0 bridgehead atoms. The third kappa shape index (κ3) is 39.8. The van der Waals surface area contributed by atoms with Crippen molar-refractivity contribution in [2.24, 2.45) is 156 Å². The summed E-state index contributed by atoms with van der Waals surface area (Å²) in [5.74, 6) is 4.59. The van der Waals surface area contributed by atoms with Gasteiger partial charge in [0.15, 0.2) is 13.2 Å². The van der Waals surface area contributed by atoms with Crippen LogP contribution >= 0.6 is 22.7 Å². The molecule has 38 nitrogen and oxygen atoms in total. The topological polar surface area (TPSA) is 378 Å². The van der Waals surface area contributed by atoms with E-state index >= 15 is 0 Å². The van der Waals surface area contributed by atoms with Gasteiger partial charge < -0.3 is 133 Å². The molecule has 0 saturated carbocycles. The summed E-state index contributed by atoms with van der Waals surface area (Å²) >= 11 is 3.10. The maximum Gasteiger partial charge on any atom is 0.421 e. The van der Waals surface area contributed by atoms with Crippen LogP contribution in [0.25, 0.3) is 0 Å². The average molecular weight is 2080 g/mol. The number of nitriles is 2. The Morgan fingerprint density at radius 2 is 0.885 bits per heavy atom. The summed E-state index contributed by atoms with van der Waals surface area (Å²) in [6.45, 7) is 6.11. The zero-order valence-corrected chi connectivity index (χ0v) is 88.8. The van der Waals surface area contributed by atoms with Crippen LogP contribution in [0.3, 0.4) is 0 Å². The number of methoxy groups -OCH3 is 1. The van der Waals surface area contributed by atoms with E-state index in [-0.39, 0.29) is 93.5 Å². The second-order valence-electron chi connectivity index (χ2n) is 30.3. The van der Waals surface area contributed by atoms with Gasteiger partial charge in [0.1, 0.15) is 65.0 Å². The molecule has 0 fully saturated rings. The smallest absolute Gasteiger partial charge is 0.421 e. The van der Waals surface area contributed by atoms with Gasteiger partial charge in [-0.2, -0.15) is 15.2 Å².